The maximum Gasteiger partial charge on any atom is 0.215 e. The van der Waals surface area contributed by atoms with Gasteiger partial charge in [-0.2, -0.15) is 4.31 Å². The van der Waals surface area contributed by atoms with Crippen molar-refractivity contribution in [1.82, 2.24) is 9.62 Å². The molecule has 2 saturated heterocycles. The predicted octanol–water partition coefficient (Wildman–Crippen LogP) is -0.957. The number of fused-ring (bicyclic) bond motifs is 1. The Labute approximate surface area is 109 Å². The van der Waals surface area contributed by atoms with E-state index in [1.165, 1.54) is 4.31 Å². The average molecular weight is 296 g/mol. The number of hydrogen-bond acceptors (Lipinski definition) is 5. The van der Waals surface area contributed by atoms with Crippen LogP contribution < -0.4 is 5.32 Å². The standard InChI is InChI=1S/C10H20N2O4S2/c1-8-5-9-6-11-7-10(9)12(8)18(15,16)4-3-17(2,13)14/h8-11H,3-7H2,1-2H3. The molecule has 0 aromatic heterocycles. The smallest absolute Gasteiger partial charge is 0.215 e. The zero-order valence-electron chi connectivity index (χ0n) is 10.7. The SMILES string of the molecule is CC1CC2CNCC2N1S(=O)(=O)CCS(C)(=O)=O. The quantitative estimate of drug-likeness (QED) is 0.722. The van der Waals surface area contributed by atoms with Gasteiger partial charge in [-0.15, -0.1) is 0 Å². The minimum atomic E-state index is -3.48. The van der Waals surface area contributed by atoms with E-state index in [1.807, 2.05) is 6.92 Å². The van der Waals surface area contributed by atoms with Gasteiger partial charge >= 0.3 is 0 Å². The molecular weight excluding hydrogens is 276 g/mol. The molecule has 2 rings (SSSR count). The Balaban J connectivity index is 2.14. The first-order valence-corrected chi connectivity index (χ1v) is 9.77. The van der Waals surface area contributed by atoms with Gasteiger partial charge in [-0.25, -0.2) is 16.8 Å². The molecule has 0 amide bonds. The van der Waals surface area contributed by atoms with E-state index < -0.39 is 19.9 Å². The fourth-order valence-corrected chi connectivity index (χ4v) is 6.53. The third-order valence-electron chi connectivity index (χ3n) is 3.74. The molecule has 18 heavy (non-hydrogen) atoms. The highest BCUT2D eigenvalue weighted by molar-refractivity contribution is 7.93. The maximum absolute atomic E-state index is 12.3. The lowest BCUT2D eigenvalue weighted by atomic mass is 10.0. The van der Waals surface area contributed by atoms with Crippen molar-refractivity contribution in [2.24, 2.45) is 5.92 Å². The van der Waals surface area contributed by atoms with Crippen molar-refractivity contribution in [2.75, 3.05) is 30.9 Å². The molecule has 2 fully saturated rings. The Hall–Kier alpha value is -0.180. The van der Waals surface area contributed by atoms with Crippen LogP contribution in [0.15, 0.2) is 0 Å². The van der Waals surface area contributed by atoms with Gasteiger partial charge in [0.1, 0.15) is 9.84 Å². The summed E-state index contributed by atoms with van der Waals surface area (Å²) in [5.41, 5.74) is 0. The number of nitrogens with one attached hydrogen (secondary N) is 1. The van der Waals surface area contributed by atoms with Gasteiger partial charge in [-0.3, -0.25) is 0 Å². The molecule has 6 nitrogen and oxygen atoms in total. The molecule has 1 N–H and O–H groups in total. The first kappa shape index (κ1) is 14.2. The molecule has 0 aromatic rings. The molecule has 0 aromatic carbocycles. The van der Waals surface area contributed by atoms with Gasteiger partial charge in [0.25, 0.3) is 0 Å². The van der Waals surface area contributed by atoms with Gasteiger partial charge in [-0.05, 0) is 25.8 Å². The molecule has 8 heteroatoms. The topological polar surface area (TPSA) is 83.6 Å². The van der Waals surface area contributed by atoms with Crippen molar-refractivity contribution in [1.29, 1.82) is 0 Å². The maximum atomic E-state index is 12.3. The van der Waals surface area contributed by atoms with Crippen molar-refractivity contribution in [3.05, 3.63) is 0 Å². The third kappa shape index (κ3) is 2.87. The first-order valence-electron chi connectivity index (χ1n) is 6.10. The zero-order valence-corrected chi connectivity index (χ0v) is 12.3. The lowest BCUT2D eigenvalue weighted by Gasteiger charge is -2.26. The molecule has 0 saturated carbocycles. The van der Waals surface area contributed by atoms with Crippen molar-refractivity contribution >= 4 is 19.9 Å². The molecule has 0 bridgehead atoms. The summed E-state index contributed by atoms with van der Waals surface area (Å²) in [6.07, 6.45) is 1.92. The largest absolute Gasteiger partial charge is 0.315 e. The van der Waals surface area contributed by atoms with Crippen LogP contribution in [-0.4, -0.2) is 64.1 Å². The summed E-state index contributed by atoms with van der Waals surface area (Å²) in [5.74, 6) is -0.240. The van der Waals surface area contributed by atoms with Crippen LogP contribution in [0, 0.1) is 5.92 Å². The molecule has 2 aliphatic rings. The zero-order chi connectivity index (χ0) is 13.6. The van der Waals surface area contributed by atoms with Gasteiger partial charge in [0.15, 0.2) is 0 Å². The average Bonchev–Trinajstić information content (AvgIpc) is 2.72. The van der Waals surface area contributed by atoms with Crippen molar-refractivity contribution < 1.29 is 16.8 Å². The summed E-state index contributed by atoms with van der Waals surface area (Å²) in [5, 5.41) is 3.19. The van der Waals surface area contributed by atoms with Crippen LogP contribution in [-0.2, 0) is 19.9 Å². The van der Waals surface area contributed by atoms with Crippen molar-refractivity contribution in [3.63, 3.8) is 0 Å². The minimum Gasteiger partial charge on any atom is -0.315 e. The Bertz CT molecular complexity index is 514. The van der Waals surface area contributed by atoms with Gasteiger partial charge in [-0.1, -0.05) is 0 Å². The molecule has 0 aliphatic carbocycles. The number of nitrogens with zero attached hydrogens (tertiary/aromatic N) is 1. The Morgan fingerprint density at radius 2 is 1.83 bits per heavy atom. The summed E-state index contributed by atoms with van der Waals surface area (Å²) in [4.78, 5) is 0. The van der Waals surface area contributed by atoms with E-state index in [2.05, 4.69) is 5.32 Å². The summed E-state index contributed by atoms with van der Waals surface area (Å²) < 4.78 is 48.3. The molecule has 2 heterocycles. The van der Waals surface area contributed by atoms with Crippen LogP contribution in [0.3, 0.4) is 0 Å². The highest BCUT2D eigenvalue weighted by atomic mass is 32.2. The Morgan fingerprint density at radius 1 is 1.17 bits per heavy atom. The lowest BCUT2D eigenvalue weighted by Crippen LogP contribution is -2.44. The molecule has 0 radical (unpaired) electrons. The molecule has 0 spiro atoms. The number of hydrogen-bond donors (Lipinski definition) is 1. The van der Waals surface area contributed by atoms with E-state index in [0.29, 0.717) is 12.5 Å². The second-order valence-electron chi connectivity index (χ2n) is 5.35. The van der Waals surface area contributed by atoms with Gasteiger partial charge in [0, 0.05) is 24.9 Å². The number of rotatable bonds is 4. The Morgan fingerprint density at radius 3 is 2.44 bits per heavy atom. The summed E-state index contributed by atoms with van der Waals surface area (Å²) in [7, 11) is -6.73. The molecule has 2 aliphatic heterocycles. The molecule has 3 unspecified atom stereocenters. The highest BCUT2D eigenvalue weighted by Crippen LogP contribution is 2.34. The molecule has 3 atom stereocenters. The summed E-state index contributed by atoms with van der Waals surface area (Å²) >= 11 is 0. The van der Waals surface area contributed by atoms with Crippen LogP contribution in [0.1, 0.15) is 13.3 Å². The fourth-order valence-electron chi connectivity index (χ4n) is 2.97. The van der Waals surface area contributed by atoms with E-state index in [-0.39, 0.29) is 23.6 Å². The van der Waals surface area contributed by atoms with Gasteiger partial charge in [0.2, 0.25) is 10.0 Å². The van der Waals surface area contributed by atoms with Crippen molar-refractivity contribution in [2.45, 2.75) is 25.4 Å². The van der Waals surface area contributed by atoms with E-state index in [4.69, 9.17) is 0 Å². The van der Waals surface area contributed by atoms with Gasteiger partial charge in [0.05, 0.1) is 11.5 Å². The fraction of sp³-hybridized carbons (Fsp3) is 1.00. The van der Waals surface area contributed by atoms with E-state index in [1.54, 1.807) is 0 Å². The first-order chi connectivity index (χ1) is 8.21. The number of sulfonamides is 1. The summed E-state index contributed by atoms with van der Waals surface area (Å²) in [6, 6.07) is -0.0174. The predicted molar refractivity (Wildman–Crippen MR) is 69.6 cm³/mol. The van der Waals surface area contributed by atoms with Gasteiger partial charge < -0.3 is 5.32 Å². The van der Waals surface area contributed by atoms with Crippen LogP contribution in [0.5, 0.6) is 0 Å². The molecule has 106 valence electrons. The van der Waals surface area contributed by atoms with E-state index in [0.717, 1.165) is 19.2 Å². The normalized spacial score (nSPS) is 33.8. The lowest BCUT2D eigenvalue weighted by molar-refractivity contribution is 0.336. The van der Waals surface area contributed by atoms with Crippen LogP contribution >= 0.6 is 0 Å². The van der Waals surface area contributed by atoms with Crippen LogP contribution in [0.4, 0.5) is 0 Å². The van der Waals surface area contributed by atoms with E-state index >= 15 is 0 Å². The van der Waals surface area contributed by atoms with Crippen molar-refractivity contribution in [3.8, 4) is 0 Å². The van der Waals surface area contributed by atoms with E-state index in [9.17, 15) is 16.8 Å². The third-order valence-corrected chi connectivity index (χ3v) is 6.94. The number of sulfone groups is 1. The van der Waals surface area contributed by atoms with Crippen LogP contribution in [0.2, 0.25) is 0 Å². The second-order valence-corrected chi connectivity index (χ2v) is 9.60. The highest BCUT2D eigenvalue weighted by Gasteiger charge is 2.47. The second kappa shape index (κ2) is 4.73. The Kier molecular flexibility index (Phi) is 3.74. The minimum absolute atomic E-state index is 0.00422. The summed E-state index contributed by atoms with van der Waals surface area (Å²) in [6.45, 7) is 3.43. The molecular formula is C10H20N2O4S2. The van der Waals surface area contributed by atoms with Crippen LogP contribution in [0.25, 0.3) is 0 Å². The monoisotopic (exact) mass is 296 g/mol.